The number of benzene rings is 1. The molecule has 0 unspecified atom stereocenters. The molecule has 3 rings (SSSR count). The second-order valence-electron chi connectivity index (χ2n) is 6.76. The number of aryl methyl sites for hydroxylation is 1. The summed E-state index contributed by atoms with van der Waals surface area (Å²) in [6, 6.07) is 2.68. The Kier molecular flexibility index (Phi) is 6.15. The molecule has 8 heteroatoms. The fraction of sp³-hybridized carbons (Fsp3) is 0.421. The summed E-state index contributed by atoms with van der Waals surface area (Å²) in [6.45, 7) is 1.89. The van der Waals surface area contributed by atoms with Crippen LogP contribution in [0.4, 0.5) is 8.78 Å². The summed E-state index contributed by atoms with van der Waals surface area (Å²) in [5.74, 6) is -2.27. The maximum absolute atomic E-state index is 13.7. The fourth-order valence-electron chi connectivity index (χ4n) is 3.32. The molecule has 1 saturated carbocycles. The molecule has 1 heterocycles. The number of halogens is 2. The van der Waals surface area contributed by atoms with Crippen molar-refractivity contribution in [3.63, 3.8) is 0 Å². The van der Waals surface area contributed by atoms with Gasteiger partial charge in [-0.05, 0) is 44.7 Å². The van der Waals surface area contributed by atoms with Gasteiger partial charge < -0.3 is 10.6 Å². The van der Waals surface area contributed by atoms with Crippen LogP contribution in [0.2, 0.25) is 0 Å². The Bertz CT molecular complexity index is 840. The van der Waals surface area contributed by atoms with Crippen molar-refractivity contribution in [2.45, 2.75) is 51.1 Å². The summed E-state index contributed by atoms with van der Waals surface area (Å²) in [5.41, 5.74) is 0.573. The third-order valence-corrected chi connectivity index (χ3v) is 5.38. The number of amides is 2. The van der Waals surface area contributed by atoms with E-state index in [1.807, 2.05) is 12.3 Å². The van der Waals surface area contributed by atoms with E-state index in [4.69, 9.17) is 0 Å². The first-order valence-corrected chi connectivity index (χ1v) is 9.75. The van der Waals surface area contributed by atoms with Gasteiger partial charge in [-0.25, -0.2) is 13.8 Å². The average molecular weight is 393 g/mol. The Morgan fingerprint density at radius 3 is 2.63 bits per heavy atom. The Morgan fingerprint density at radius 2 is 1.96 bits per heavy atom. The number of hydrogen-bond acceptors (Lipinski definition) is 4. The van der Waals surface area contributed by atoms with Gasteiger partial charge in [-0.2, -0.15) is 0 Å². The van der Waals surface area contributed by atoms with Crippen molar-refractivity contribution in [1.82, 2.24) is 15.6 Å². The lowest BCUT2D eigenvalue weighted by atomic mass is 9.90. The zero-order chi connectivity index (χ0) is 19.4. The minimum absolute atomic E-state index is 0.0469. The van der Waals surface area contributed by atoms with Gasteiger partial charge in [0.05, 0.1) is 22.7 Å². The highest BCUT2D eigenvalue weighted by Crippen LogP contribution is 2.20. The highest BCUT2D eigenvalue weighted by molar-refractivity contribution is 7.09. The summed E-state index contributed by atoms with van der Waals surface area (Å²) in [4.78, 5) is 28.7. The van der Waals surface area contributed by atoms with Gasteiger partial charge in [0.25, 0.3) is 5.91 Å². The summed E-state index contributed by atoms with van der Waals surface area (Å²) in [5, 5.41) is 8.57. The third kappa shape index (κ3) is 5.32. The van der Waals surface area contributed by atoms with Crippen molar-refractivity contribution in [2.24, 2.45) is 0 Å². The van der Waals surface area contributed by atoms with Crippen LogP contribution in [0, 0.1) is 18.6 Å². The standard InChI is InChI=1S/C19H21F2N3O2S/c1-11-22-15(10-27-11)9-18(25)23-13-3-2-4-14(8-13)24-19(26)16-6-5-12(20)7-17(16)21/h5-7,10,13-14H,2-4,8-9H2,1H3,(H,23,25)(H,24,26)/t13-,14+/m0/s1. The minimum atomic E-state index is -0.883. The van der Waals surface area contributed by atoms with E-state index < -0.39 is 17.5 Å². The first-order valence-electron chi connectivity index (χ1n) is 8.87. The molecule has 2 atom stereocenters. The van der Waals surface area contributed by atoms with Gasteiger partial charge in [-0.3, -0.25) is 9.59 Å². The van der Waals surface area contributed by atoms with Gasteiger partial charge in [0.15, 0.2) is 0 Å². The maximum atomic E-state index is 13.7. The molecule has 2 N–H and O–H groups in total. The number of rotatable bonds is 5. The van der Waals surface area contributed by atoms with Crippen molar-refractivity contribution >= 4 is 23.2 Å². The second-order valence-corrected chi connectivity index (χ2v) is 7.82. The SMILES string of the molecule is Cc1nc(CC(=O)N[C@H]2CCC[C@@H](NC(=O)c3ccc(F)cc3F)C2)cs1. The van der Waals surface area contributed by atoms with Crippen LogP contribution in [0.3, 0.4) is 0 Å². The Morgan fingerprint density at radius 1 is 1.22 bits per heavy atom. The lowest BCUT2D eigenvalue weighted by Crippen LogP contribution is -2.46. The van der Waals surface area contributed by atoms with Crippen molar-refractivity contribution in [3.05, 3.63) is 51.5 Å². The molecule has 0 bridgehead atoms. The van der Waals surface area contributed by atoms with E-state index in [1.54, 1.807) is 0 Å². The number of carbonyl (C=O) groups is 2. The normalized spacial score (nSPS) is 19.5. The topological polar surface area (TPSA) is 71.1 Å². The number of hydrogen-bond donors (Lipinski definition) is 2. The number of nitrogens with one attached hydrogen (secondary N) is 2. The first kappa shape index (κ1) is 19.4. The molecule has 2 aromatic rings. The van der Waals surface area contributed by atoms with Crippen molar-refractivity contribution in [3.8, 4) is 0 Å². The van der Waals surface area contributed by atoms with E-state index >= 15 is 0 Å². The van der Waals surface area contributed by atoms with Crippen LogP contribution in [-0.2, 0) is 11.2 Å². The summed E-state index contributed by atoms with van der Waals surface area (Å²) in [7, 11) is 0. The molecule has 0 radical (unpaired) electrons. The molecular weight excluding hydrogens is 372 g/mol. The Balaban J connectivity index is 1.52. The van der Waals surface area contributed by atoms with Crippen LogP contribution in [0.15, 0.2) is 23.6 Å². The van der Waals surface area contributed by atoms with E-state index in [-0.39, 0.29) is 30.0 Å². The summed E-state index contributed by atoms with van der Waals surface area (Å²) >= 11 is 1.51. The molecule has 27 heavy (non-hydrogen) atoms. The Labute approximate surface area is 160 Å². The third-order valence-electron chi connectivity index (χ3n) is 4.56. The van der Waals surface area contributed by atoms with Gasteiger partial charge in [-0.15, -0.1) is 11.3 Å². The van der Waals surface area contributed by atoms with Gasteiger partial charge >= 0.3 is 0 Å². The maximum Gasteiger partial charge on any atom is 0.254 e. The number of thiazole rings is 1. The van der Waals surface area contributed by atoms with Crippen molar-refractivity contribution in [1.29, 1.82) is 0 Å². The molecule has 1 aromatic heterocycles. The zero-order valence-electron chi connectivity index (χ0n) is 14.9. The average Bonchev–Trinajstić information content (AvgIpc) is 2.99. The monoisotopic (exact) mass is 393 g/mol. The molecule has 1 aromatic carbocycles. The first-order chi connectivity index (χ1) is 12.9. The molecule has 0 saturated heterocycles. The van der Waals surface area contributed by atoms with E-state index in [0.29, 0.717) is 12.5 Å². The highest BCUT2D eigenvalue weighted by atomic mass is 32.1. The lowest BCUT2D eigenvalue weighted by Gasteiger charge is -2.30. The van der Waals surface area contributed by atoms with Crippen LogP contribution < -0.4 is 10.6 Å². The summed E-state index contributed by atoms with van der Waals surface area (Å²) < 4.78 is 26.7. The van der Waals surface area contributed by atoms with E-state index in [0.717, 1.165) is 42.1 Å². The van der Waals surface area contributed by atoms with Crippen LogP contribution in [0.1, 0.15) is 46.7 Å². The van der Waals surface area contributed by atoms with Crippen LogP contribution in [0.5, 0.6) is 0 Å². The van der Waals surface area contributed by atoms with Crippen molar-refractivity contribution in [2.75, 3.05) is 0 Å². The van der Waals surface area contributed by atoms with Crippen LogP contribution in [-0.4, -0.2) is 28.9 Å². The number of nitrogens with zero attached hydrogens (tertiary/aromatic N) is 1. The lowest BCUT2D eigenvalue weighted by molar-refractivity contribution is -0.121. The molecule has 1 aliphatic carbocycles. The fourth-order valence-corrected chi connectivity index (χ4v) is 3.93. The molecule has 5 nitrogen and oxygen atoms in total. The van der Waals surface area contributed by atoms with E-state index in [2.05, 4.69) is 15.6 Å². The van der Waals surface area contributed by atoms with E-state index in [9.17, 15) is 18.4 Å². The molecule has 2 amide bonds. The predicted octanol–water partition coefficient (Wildman–Crippen LogP) is 3.13. The molecule has 0 spiro atoms. The molecular formula is C19H21F2N3O2S. The predicted molar refractivity (Wildman–Crippen MR) is 98.6 cm³/mol. The van der Waals surface area contributed by atoms with Gasteiger partial charge in [0.2, 0.25) is 5.91 Å². The quantitative estimate of drug-likeness (QED) is 0.820. The smallest absolute Gasteiger partial charge is 0.254 e. The Hall–Kier alpha value is -2.35. The molecule has 1 fully saturated rings. The molecule has 144 valence electrons. The van der Waals surface area contributed by atoms with Gasteiger partial charge in [0, 0.05) is 23.5 Å². The number of aromatic nitrogens is 1. The zero-order valence-corrected chi connectivity index (χ0v) is 15.7. The molecule has 0 aliphatic heterocycles. The summed E-state index contributed by atoms with van der Waals surface area (Å²) in [6.07, 6.45) is 3.25. The second kappa shape index (κ2) is 8.56. The minimum Gasteiger partial charge on any atom is -0.353 e. The van der Waals surface area contributed by atoms with Crippen LogP contribution in [0.25, 0.3) is 0 Å². The van der Waals surface area contributed by atoms with Gasteiger partial charge in [0.1, 0.15) is 11.6 Å². The highest BCUT2D eigenvalue weighted by Gasteiger charge is 2.25. The van der Waals surface area contributed by atoms with E-state index in [1.165, 1.54) is 11.3 Å². The van der Waals surface area contributed by atoms with Crippen molar-refractivity contribution < 1.29 is 18.4 Å². The largest absolute Gasteiger partial charge is 0.353 e. The van der Waals surface area contributed by atoms with Crippen LogP contribution >= 0.6 is 11.3 Å². The van der Waals surface area contributed by atoms with Gasteiger partial charge in [-0.1, -0.05) is 0 Å². The molecule has 1 aliphatic rings. The number of carbonyl (C=O) groups excluding carboxylic acids is 2.